The van der Waals surface area contributed by atoms with Crippen molar-refractivity contribution >= 4 is 16.0 Å². The molecule has 6 nitrogen and oxygen atoms in total. The average Bonchev–Trinajstić information content (AvgIpc) is 2.94. The maximum Gasteiger partial charge on any atom is 0.267 e. The zero-order valence-electron chi connectivity index (χ0n) is 27.1. The van der Waals surface area contributed by atoms with Gasteiger partial charge < -0.3 is 10.4 Å². The number of carbonyl (C=O) groups excluding carboxylic acids is 1. The molecular weight excluding hydrogens is 546 g/mol. The van der Waals surface area contributed by atoms with Gasteiger partial charge in [0.25, 0.3) is 10.1 Å². The van der Waals surface area contributed by atoms with Gasteiger partial charge in [0.05, 0.1) is 17.9 Å². The van der Waals surface area contributed by atoms with Gasteiger partial charge in [0.15, 0.2) is 0 Å². The van der Waals surface area contributed by atoms with Gasteiger partial charge in [-0.2, -0.15) is 8.42 Å². The minimum Gasteiger partial charge on any atom is -0.387 e. The van der Waals surface area contributed by atoms with Gasteiger partial charge in [-0.25, -0.2) is 0 Å². The molecular formula is C35H65NO5S. The van der Waals surface area contributed by atoms with Crippen LogP contribution >= 0.6 is 0 Å². The van der Waals surface area contributed by atoms with Crippen molar-refractivity contribution in [3.05, 3.63) is 36.5 Å². The highest BCUT2D eigenvalue weighted by Crippen LogP contribution is 2.13. The van der Waals surface area contributed by atoms with Gasteiger partial charge >= 0.3 is 0 Å². The molecule has 42 heavy (non-hydrogen) atoms. The zero-order chi connectivity index (χ0) is 31.2. The number of hydrogen-bond acceptors (Lipinski definition) is 4. The zero-order valence-corrected chi connectivity index (χ0v) is 27.9. The van der Waals surface area contributed by atoms with E-state index < -0.39 is 28.0 Å². The molecule has 0 heterocycles. The fourth-order valence-corrected chi connectivity index (χ4v) is 5.65. The van der Waals surface area contributed by atoms with Crippen LogP contribution in [0, 0.1) is 0 Å². The third kappa shape index (κ3) is 30.0. The Hall–Kier alpha value is -1.44. The summed E-state index contributed by atoms with van der Waals surface area (Å²) in [6.07, 6.45) is 37.2. The van der Waals surface area contributed by atoms with Crippen LogP contribution in [0.2, 0.25) is 0 Å². The first-order chi connectivity index (χ1) is 20.3. The Balaban J connectivity index is 3.91. The van der Waals surface area contributed by atoms with E-state index in [0.29, 0.717) is 6.42 Å². The number of nitrogens with one attached hydrogen (secondary N) is 1. The molecule has 0 aliphatic heterocycles. The van der Waals surface area contributed by atoms with Gasteiger partial charge in [-0.1, -0.05) is 140 Å². The summed E-state index contributed by atoms with van der Waals surface area (Å²) in [4.78, 5) is 12.4. The largest absolute Gasteiger partial charge is 0.387 e. The molecule has 0 fully saturated rings. The van der Waals surface area contributed by atoms with Crippen molar-refractivity contribution in [1.29, 1.82) is 0 Å². The lowest BCUT2D eigenvalue weighted by atomic mass is 10.0. The van der Waals surface area contributed by atoms with E-state index in [1.165, 1.54) is 102 Å². The highest BCUT2D eigenvalue weighted by atomic mass is 32.2. The summed E-state index contributed by atoms with van der Waals surface area (Å²) < 4.78 is 32.1. The maximum absolute atomic E-state index is 12.4. The smallest absolute Gasteiger partial charge is 0.267 e. The first-order valence-electron chi connectivity index (χ1n) is 17.2. The van der Waals surface area contributed by atoms with Crippen LogP contribution in [0.25, 0.3) is 0 Å². The number of carbonyl (C=O) groups is 1. The number of rotatable bonds is 30. The van der Waals surface area contributed by atoms with Crippen LogP contribution < -0.4 is 5.32 Å². The molecule has 0 aliphatic carbocycles. The summed E-state index contributed by atoms with van der Waals surface area (Å²) in [5.41, 5.74) is 0. The van der Waals surface area contributed by atoms with Crippen molar-refractivity contribution in [2.45, 2.75) is 174 Å². The summed E-state index contributed by atoms with van der Waals surface area (Å²) in [6.45, 7) is 4.41. The predicted molar refractivity (Wildman–Crippen MR) is 179 cm³/mol. The summed E-state index contributed by atoms with van der Waals surface area (Å²) in [5, 5.41) is 13.0. The maximum atomic E-state index is 12.4. The highest BCUT2D eigenvalue weighted by molar-refractivity contribution is 7.85. The Morgan fingerprint density at radius 2 is 1.05 bits per heavy atom. The molecule has 0 aliphatic rings. The van der Waals surface area contributed by atoms with Crippen LogP contribution in [0.4, 0.5) is 0 Å². The third-order valence-corrected chi connectivity index (χ3v) is 8.32. The van der Waals surface area contributed by atoms with Gasteiger partial charge in [-0.15, -0.1) is 0 Å². The Kier molecular flexibility index (Phi) is 28.6. The predicted octanol–water partition coefficient (Wildman–Crippen LogP) is 9.40. The molecule has 0 aromatic carbocycles. The van der Waals surface area contributed by atoms with Crippen LogP contribution in [-0.2, 0) is 14.9 Å². The molecule has 246 valence electrons. The lowest BCUT2D eigenvalue weighted by molar-refractivity contribution is -0.122. The number of hydrogen-bond donors (Lipinski definition) is 3. The van der Waals surface area contributed by atoms with E-state index in [4.69, 9.17) is 0 Å². The molecule has 0 saturated heterocycles. The molecule has 0 aromatic rings. The van der Waals surface area contributed by atoms with Crippen molar-refractivity contribution < 1.29 is 22.9 Å². The first-order valence-corrected chi connectivity index (χ1v) is 18.8. The van der Waals surface area contributed by atoms with Crippen molar-refractivity contribution in [3.63, 3.8) is 0 Å². The number of allylic oxidation sites excluding steroid dienone is 5. The normalized spacial score (nSPS) is 13.9. The second-order valence-corrected chi connectivity index (χ2v) is 13.3. The summed E-state index contributed by atoms with van der Waals surface area (Å²) >= 11 is 0. The van der Waals surface area contributed by atoms with Gasteiger partial charge in [0.1, 0.15) is 0 Å². The van der Waals surface area contributed by atoms with Crippen molar-refractivity contribution in [3.8, 4) is 0 Å². The summed E-state index contributed by atoms with van der Waals surface area (Å²) in [5.74, 6) is -1.01. The average molecular weight is 612 g/mol. The van der Waals surface area contributed by atoms with E-state index in [0.717, 1.165) is 38.5 Å². The van der Waals surface area contributed by atoms with Crippen LogP contribution in [0.5, 0.6) is 0 Å². The second-order valence-electron chi connectivity index (χ2n) is 11.8. The Morgan fingerprint density at radius 3 is 1.57 bits per heavy atom. The molecule has 3 N–H and O–H groups in total. The lowest BCUT2D eigenvalue weighted by Gasteiger charge is -2.21. The molecule has 0 bridgehead atoms. The standard InChI is InChI=1S/C35H65NO5S/c1-3-5-7-9-11-13-14-15-16-17-18-19-20-21-22-23-25-27-29-31-35(38)36-33(32-42(39,40)41)34(37)30-28-26-24-12-10-8-6-4-2/h10,12,15-16,28,30,33-34,37H,3-9,11,13-14,17-27,29,31-32H2,1-2H3,(H,36,38)(H,39,40,41)/b12-10+,16-15-,30-28+. The Bertz CT molecular complexity index is 806. The minimum absolute atomic E-state index is 0.285. The fraction of sp³-hybridized carbons (Fsp3) is 0.800. The number of aliphatic hydroxyl groups is 1. The summed E-state index contributed by atoms with van der Waals surface area (Å²) in [6, 6.07) is -1.07. The van der Waals surface area contributed by atoms with Crippen LogP contribution in [0.15, 0.2) is 36.5 Å². The minimum atomic E-state index is -4.34. The van der Waals surface area contributed by atoms with Gasteiger partial charge in [0.2, 0.25) is 5.91 Å². The number of amides is 1. The highest BCUT2D eigenvalue weighted by Gasteiger charge is 2.24. The van der Waals surface area contributed by atoms with E-state index >= 15 is 0 Å². The number of aliphatic hydroxyl groups excluding tert-OH is 1. The molecule has 1 amide bonds. The van der Waals surface area contributed by atoms with Crippen LogP contribution in [0.1, 0.15) is 162 Å². The van der Waals surface area contributed by atoms with Gasteiger partial charge in [0, 0.05) is 6.42 Å². The quantitative estimate of drug-likeness (QED) is 0.0426. The molecule has 2 unspecified atom stereocenters. The fourth-order valence-electron chi connectivity index (χ4n) is 4.91. The molecule has 7 heteroatoms. The van der Waals surface area contributed by atoms with Crippen molar-refractivity contribution in [2.75, 3.05) is 5.75 Å². The third-order valence-electron chi connectivity index (χ3n) is 7.54. The lowest BCUT2D eigenvalue weighted by Crippen LogP contribution is -2.46. The molecule has 0 aromatic heterocycles. The molecule has 0 saturated carbocycles. The van der Waals surface area contributed by atoms with E-state index in [-0.39, 0.29) is 12.3 Å². The summed E-state index contributed by atoms with van der Waals surface area (Å²) in [7, 11) is -4.34. The molecule has 0 radical (unpaired) electrons. The SMILES string of the molecule is CCCC/C=C/CC/C=C/C(O)C(CS(=O)(=O)O)NC(=O)CCCCCCCCCCC/C=C\CCCCCCCC. The second kappa shape index (κ2) is 29.6. The Morgan fingerprint density at radius 1 is 0.619 bits per heavy atom. The number of unbranched alkanes of at least 4 members (excludes halogenated alkanes) is 18. The van der Waals surface area contributed by atoms with E-state index in [2.05, 4.69) is 43.5 Å². The Labute approximate surface area is 259 Å². The van der Waals surface area contributed by atoms with Crippen molar-refractivity contribution in [1.82, 2.24) is 5.32 Å². The van der Waals surface area contributed by atoms with E-state index in [1.807, 2.05) is 0 Å². The topological polar surface area (TPSA) is 104 Å². The first kappa shape index (κ1) is 40.6. The van der Waals surface area contributed by atoms with Crippen LogP contribution in [0.3, 0.4) is 0 Å². The van der Waals surface area contributed by atoms with Gasteiger partial charge in [-0.3, -0.25) is 9.35 Å². The van der Waals surface area contributed by atoms with Gasteiger partial charge in [-0.05, 0) is 51.4 Å². The monoisotopic (exact) mass is 611 g/mol. The van der Waals surface area contributed by atoms with Crippen molar-refractivity contribution in [2.24, 2.45) is 0 Å². The van der Waals surface area contributed by atoms with E-state index in [1.54, 1.807) is 6.08 Å². The molecule has 0 rings (SSSR count). The molecule has 2 atom stereocenters. The van der Waals surface area contributed by atoms with E-state index in [9.17, 15) is 22.9 Å². The molecule has 0 spiro atoms. The van der Waals surface area contributed by atoms with Crippen LogP contribution in [-0.4, -0.2) is 41.9 Å².